The Morgan fingerprint density at radius 1 is 1.26 bits per heavy atom. The first-order chi connectivity index (χ1) is 9.09. The minimum absolute atomic E-state index is 0.209. The lowest BCUT2D eigenvalue weighted by atomic mass is 10.0. The molecular weight excluding hydrogens is 252 g/mol. The summed E-state index contributed by atoms with van der Waals surface area (Å²) in [6.07, 6.45) is 0. The SMILES string of the molecule is CCOCc1nc(N)cc(NC(CO)(CO)CO)n1. The van der Waals surface area contributed by atoms with E-state index in [0.29, 0.717) is 18.2 Å². The summed E-state index contributed by atoms with van der Waals surface area (Å²) < 4.78 is 5.18. The summed E-state index contributed by atoms with van der Waals surface area (Å²) in [6, 6.07) is 1.45. The second-order valence-electron chi connectivity index (χ2n) is 4.11. The van der Waals surface area contributed by atoms with Crippen LogP contribution in [-0.2, 0) is 11.3 Å². The summed E-state index contributed by atoms with van der Waals surface area (Å²) in [5.74, 6) is 0.918. The first-order valence-electron chi connectivity index (χ1n) is 5.91. The molecule has 0 radical (unpaired) electrons. The standard InChI is InChI=1S/C11H20N4O4/c1-2-19-4-10-13-8(12)3-9(14-10)15-11(5-16,6-17)7-18/h3,16-18H,2,4-7H2,1H3,(H3,12,13,14,15). The maximum atomic E-state index is 9.24. The Morgan fingerprint density at radius 3 is 2.42 bits per heavy atom. The average Bonchev–Trinajstić information content (AvgIpc) is 2.42. The fraction of sp³-hybridized carbons (Fsp3) is 0.636. The minimum atomic E-state index is -1.26. The highest BCUT2D eigenvalue weighted by atomic mass is 16.5. The molecule has 0 aliphatic heterocycles. The van der Waals surface area contributed by atoms with Gasteiger partial charge in [-0.1, -0.05) is 0 Å². The van der Waals surface area contributed by atoms with Crippen LogP contribution < -0.4 is 11.1 Å². The van der Waals surface area contributed by atoms with Crippen molar-refractivity contribution in [2.24, 2.45) is 0 Å². The summed E-state index contributed by atoms with van der Waals surface area (Å²) in [6.45, 7) is 1.22. The lowest BCUT2D eigenvalue weighted by molar-refractivity contribution is 0.0830. The number of rotatable bonds is 8. The number of hydrogen-bond donors (Lipinski definition) is 5. The quantitative estimate of drug-likeness (QED) is 0.395. The molecule has 1 rings (SSSR count). The van der Waals surface area contributed by atoms with Gasteiger partial charge in [-0.3, -0.25) is 0 Å². The number of nitrogens with two attached hydrogens (primary N) is 1. The number of nitrogens with one attached hydrogen (secondary N) is 1. The Labute approximate surface area is 111 Å². The number of aromatic nitrogens is 2. The van der Waals surface area contributed by atoms with E-state index in [0.717, 1.165) is 0 Å². The molecule has 0 unspecified atom stereocenters. The first-order valence-corrected chi connectivity index (χ1v) is 5.91. The van der Waals surface area contributed by atoms with Crippen LogP contribution in [0.1, 0.15) is 12.7 Å². The third-order valence-electron chi connectivity index (χ3n) is 2.53. The van der Waals surface area contributed by atoms with E-state index in [1.54, 1.807) is 0 Å². The second-order valence-corrected chi connectivity index (χ2v) is 4.11. The molecule has 0 saturated heterocycles. The molecule has 0 aromatic carbocycles. The van der Waals surface area contributed by atoms with Crippen molar-refractivity contribution in [2.45, 2.75) is 19.1 Å². The van der Waals surface area contributed by atoms with E-state index < -0.39 is 25.4 Å². The molecule has 1 heterocycles. The van der Waals surface area contributed by atoms with Crippen LogP contribution in [0.5, 0.6) is 0 Å². The average molecular weight is 272 g/mol. The Hall–Kier alpha value is -1.48. The summed E-state index contributed by atoms with van der Waals surface area (Å²) in [5.41, 5.74) is 4.38. The third kappa shape index (κ3) is 4.28. The molecule has 8 nitrogen and oxygen atoms in total. The highest BCUT2D eigenvalue weighted by molar-refractivity contribution is 5.46. The van der Waals surface area contributed by atoms with Gasteiger partial charge in [0.15, 0.2) is 5.82 Å². The molecule has 6 N–H and O–H groups in total. The summed E-state index contributed by atoms with van der Waals surface area (Å²) in [7, 11) is 0. The summed E-state index contributed by atoms with van der Waals surface area (Å²) in [5, 5.41) is 30.5. The van der Waals surface area contributed by atoms with Crippen LogP contribution in [0.3, 0.4) is 0 Å². The van der Waals surface area contributed by atoms with E-state index in [-0.39, 0.29) is 12.4 Å². The maximum Gasteiger partial charge on any atom is 0.158 e. The maximum absolute atomic E-state index is 9.24. The van der Waals surface area contributed by atoms with Gasteiger partial charge in [-0.2, -0.15) is 0 Å². The smallest absolute Gasteiger partial charge is 0.158 e. The zero-order valence-corrected chi connectivity index (χ0v) is 10.8. The Balaban J connectivity index is 2.90. The molecule has 19 heavy (non-hydrogen) atoms. The Morgan fingerprint density at radius 2 is 1.89 bits per heavy atom. The van der Waals surface area contributed by atoms with Gasteiger partial charge < -0.3 is 31.1 Å². The Bertz CT molecular complexity index is 390. The fourth-order valence-electron chi connectivity index (χ4n) is 1.38. The van der Waals surface area contributed by atoms with E-state index in [1.807, 2.05) is 6.92 Å². The van der Waals surface area contributed by atoms with E-state index in [1.165, 1.54) is 6.07 Å². The summed E-state index contributed by atoms with van der Waals surface area (Å²) >= 11 is 0. The van der Waals surface area contributed by atoms with Gasteiger partial charge in [0.1, 0.15) is 23.8 Å². The van der Waals surface area contributed by atoms with Crippen LogP contribution in [-0.4, -0.2) is 57.3 Å². The number of nitrogen functional groups attached to an aromatic ring is 1. The van der Waals surface area contributed by atoms with Crippen molar-refractivity contribution in [1.29, 1.82) is 0 Å². The molecule has 0 fully saturated rings. The number of anilines is 2. The molecule has 0 amide bonds. The van der Waals surface area contributed by atoms with Crippen molar-refractivity contribution in [3.8, 4) is 0 Å². The molecule has 0 atom stereocenters. The zero-order chi connectivity index (χ0) is 14.3. The Kier molecular flexibility index (Phi) is 5.90. The zero-order valence-electron chi connectivity index (χ0n) is 10.8. The highest BCUT2D eigenvalue weighted by Crippen LogP contribution is 2.15. The fourth-order valence-corrected chi connectivity index (χ4v) is 1.38. The number of aliphatic hydroxyl groups is 3. The van der Waals surface area contributed by atoms with Gasteiger partial charge in [0, 0.05) is 12.7 Å². The van der Waals surface area contributed by atoms with Gasteiger partial charge in [-0.15, -0.1) is 0 Å². The molecule has 0 bridgehead atoms. The van der Waals surface area contributed by atoms with Crippen LogP contribution in [0.25, 0.3) is 0 Å². The monoisotopic (exact) mass is 272 g/mol. The number of nitrogens with zero attached hydrogens (tertiary/aromatic N) is 2. The largest absolute Gasteiger partial charge is 0.394 e. The van der Waals surface area contributed by atoms with Gasteiger partial charge in [0.05, 0.1) is 19.8 Å². The van der Waals surface area contributed by atoms with Gasteiger partial charge in [-0.25, -0.2) is 9.97 Å². The number of ether oxygens (including phenoxy) is 1. The van der Waals surface area contributed by atoms with Crippen LogP contribution in [0.15, 0.2) is 6.07 Å². The molecule has 0 saturated carbocycles. The molecule has 8 heteroatoms. The third-order valence-corrected chi connectivity index (χ3v) is 2.53. The topological polar surface area (TPSA) is 134 Å². The van der Waals surface area contributed by atoms with Crippen molar-refractivity contribution in [2.75, 3.05) is 37.5 Å². The van der Waals surface area contributed by atoms with Crippen molar-refractivity contribution in [1.82, 2.24) is 9.97 Å². The molecule has 0 aliphatic carbocycles. The van der Waals surface area contributed by atoms with Crippen LogP contribution in [0.2, 0.25) is 0 Å². The van der Waals surface area contributed by atoms with Crippen molar-refractivity contribution >= 4 is 11.6 Å². The molecule has 108 valence electrons. The van der Waals surface area contributed by atoms with E-state index >= 15 is 0 Å². The molecule has 1 aromatic rings. The summed E-state index contributed by atoms with van der Waals surface area (Å²) in [4.78, 5) is 8.13. The van der Waals surface area contributed by atoms with Crippen LogP contribution in [0.4, 0.5) is 11.6 Å². The van der Waals surface area contributed by atoms with E-state index in [2.05, 4.69) is 15.3 Å². The number of aliphatic hydroxyl groups excluding tert-OH is 3. The van der Waals surface area contributed by atoms with Gasteiger partial charge in [0.2, 0.25) is 0 Å². The van der Waals surface area contributed by atoms with Gasteiger partial charge in [-0.05, 0) is 6.92 Å². The van der Waals surface area contributed by atoms with E-state index in [9.17, 15) is 15.3 Å². The van der Waals surface area contributed by atoms with Crippen LogP contribution in [0, 0.1) is 0 Å². The highest BCUT2D eigenvalue weighted by Gasteiger charge is 2.28. The van der Waals surface area contributed by atoms with Crippen molar-refractivity contribution < 1.29 is 20.1 Å². The lowest BCUT2D eigenvalue weighted by Crippen LogP contribution is -2.49. The molecule has 1 aromatic heterocycles. The predicted molar refractivity (Wildman–Crippen MR) is 69.4 cm³/mol. The molecular formula is C11H20N4O4. The normalized spacial score (nSPS) is 11.6. The minimum Gasteiger partial charge on any atom is -0.394 e. The second kappa shape index (κ2) is 7.19. The molecule has 0 spiro atoms. The van der Waals surface area contributed by atoms with Crippen molar-refractivity contribution in [3.63, 3.8) is 0 Å². The predicted octanol–water partition coefficient (Wildman–Crippen LogP) is -1.28. The van der Waals surface area contributed by atoms with Gasteiger partial charge in [0.25, 0.3) is 0 Å². The number of hydrogen-bond acceptors (Lipinski definition) is 8. The van der Waals surface area contributed by atoms with Gasteiger partial charge >= 0.3 is 0 Å². The van der Waals surface area contributed by atoms with Crippen LogP contribution >= 0.6 is 0 Å². The molecule has 0 aliphatic rings. The van der Waals surface area contributed by atoms with E-state index in [4.69, 9.17) is 10.5 Å². The van der Waals surface area contributed by atoms with Crippen molar-refractivity contribution in [3.05, 3.63) is 11.9 Å². The lowest BCUT2D eigenvalue weighted by Gasteiger charge is -2.29. The first kappa shape index (κ1) is 15.6.